The predicted molar refractivity (Wildman–Crippen MR) is 120 cm³/mol. The molecule has 1 N–H and O–H groups in total. The first-order chi connectivity index (χ1) is 13.8. The highest BCUT2D eigenvalue weighted by Crippen LogP contribution is 2.24. The fraction of sp³-hybridized carbons (Fsp3) is 0.333. The first kappa shape index (κ1) is 23.4. The van der Waals surface area contributed by atoms with Crippen LogP contribution in [0.2, 0.25) is 10.0 Å². The molecule has 0 spiro atoms. The number of benzene rings is 2. The van der Waals surface area contributed by atoms with Gasteiger partial charge in [0.25, 0.3) is 0 Å². The number of ether oxygens (including phenoxy) is 1. The molecule has 0 bridgehead atoms. The fourth-order valence-electron chi connectivity index (χ4n) is 2.69. The second-order valence-electron chi connectivity index (χ2n) is 6.39. The lowest BCUT2D eigenvalue weighted by atomic mass is 10.1. The van der Waals surface area contributed by atoms with Gasteiger partial charge in [-0.15, -0.1) is 11.8 Å². The topological polar surface area (TPSA) is 58.6 Å². The van der Waals surface area contributed by atoms with Crippen molar-refractivity contribution in [2.75, 3.05) is 19.9 Å². The van der Waals surface area contributed by atoms with Crippen LogP contribution in [0, 0.1) is 0 Å². The normalized spacial score (nSPS) is 11.6. The lowest BCUT2D eigenvalue weighted by Crippen LogP contribution is -2.47. The Morgan fingerprint density at radius 1 is 1.17 bits per heavy atom. The number of rotatable bonds is 9. The van der Waals surface area contributed by atoms with E-state index in [-0.39, 0.29) is 24.1 Å². The van der Waals surface area contributed by atoms with Crippen LogP contribution in [0.15, 0.2) is 42.5 Å². The Morgan fingerprint density at radius 2 is 1.86 bits per heavy atom. The maximum atomic E-state index is 12.9. The van der Waals surface area contributed by atoms with Crippen LogP contribution in [0.3, 0.4) is 0 Å². The molecule has 0 aromatic heterocycles. The van der Waals surface area contributed by atoms with E-state index in [0.717, 1.165) is 16.9 Å². The van der Waals surface area contributed by atoms with Gasteiger partial charge in [0.1, 0.15) is 11.8 Å². The molecule has 0 aliphatic heterocycles. The van der Waals surface area contributed by atoms with Crippen LogP contribution in [0.1, 0.15) is 18.1 Å². The van der Waals surface area contributed by atoms with Crippen molar-refractivity contribution in [2.45, 2.75) is 25.3 Å². The maximum absolute atomic E-state index is 12.9. The van der Waals surface area contributed by atoms with Crippen molar-refractivity contribution in [2.24, 2.45) is 0 Å². The molecular weight excluding hydrogens is 431 g/mol. The smallest absolute Gasteiger partial charge is 0.242 e. The molecule has 1 unspecified atom stereocenters. The number of amides is 2. The summed E-state index contributed by atoms with van der Waals surface area (Å²) in [5, 5.41) is 3.58. The van der Waals surface area contributed by atoms with E-state index in [1.54, 1.807) is 39.3 Å². The summed E-state index contributed by atoms with van der Waals surface area (Å²) in [6.07, 6.45) is 0. The van der Waals surface area contributed by atoms with Gasteiger partial charge in [0.2, 0.25) is 11.8 Å². The lowest BCUT2D eigenvalue weighted by molar-refractivity contribution is -0.138. The van der Waals surface area contributed by atoms with Crippen molar-refractivity contribution in [1.29, 1.82) is 0 Å². The Bertz CT molecular complexity index is 846. The SMILES string of the molecule is CNC(=O)C(C)N(Cc1ccc(Cl)cc1Cl)C(=O)CSCc1ccc(OC)cc1. The predicted octanol–water partition coefficient (Wildman–Crippen LogP) is 4.40. The Hall–Kier alpha value is -1.89. The van der Waals surface area contributed by atoms with Crippen molar-refractivity contribution in [1.82, 2.24) is 10.2 Å². The van der Waals surface area contributed by atoms with Crippen molar-refractivity contribution in [3.63, 3.8) is 0 Å². The molecule has 0 aliphatic carbocycles. The molecule has 2 rings (SSSR count). The molecule has 0 aliphatic rings. The van der Waals surface area contributed by atoms with Gasteiger partial charge in [-0.25, -0.2) is 0 Å². The highest BCUT2D eigenvalue weighted by molar-refractivity contribution is 7.99. The number of likely N-dealkylation sites (N-methyl/N-ethyl adjacent to an activating group) is 1. The van der Waals surface area contributed by atoms with Gasteiger partial charge >= 0.3 is 0 Å². The Balaban J connectivity index is 2.06. The van der Waals surface area contributed by atoms with E-state index >= 15 is 0 Å². The zero-order valence-corrected chi connectivity index (χ0v) is 18.9. The molecule has 2 aromatic rings. The van der Waals surface area contributed by atoms with Crippen LogP contribution in [0.4, 0.5) is 0 Å². The van der Waals surface area contributed by atoms with E-state index in [1.807, 2.05) is 24.3 Å². The number of thioether (sulfide) groups is 1. The summed E-state index contributed by atoms with van der Waals surface area (Å²) < 4.78 is 5.15. The molecule has 5 nitrogen and oxygen atoms in total. The zero-order chi connectivity index (χ0) is 21.4. The molecule has 0 radical (unpaired) electrons. The van der Waals surface area contributed by atoms with Gasteiger partial charge in [-0.3, -0.25) is 9.59 Å². The number of methoxy groups -OCH3 is 1. The molecule has 0 saturated heterocycles. The first-order valence-electron chi connectivity index (χ1n) is 9.01. The van der Waals surface area contributed by atoms with Crippen molar-refractivity contribution in [3.8, 4) is 5.75 Å². The third-order valence-electron chi connectivity index (χ3n) is 4.42. The van der Waals surface area contributed by atoms with Gasteiger partial charge in [-0.1, -0.05) is 41.4 Å². The Labute approximate surface area is 185 Å². The van der Waals surface area contributed by atoms with E-state index in [4.69, 9.17) is 27.9 Å². The van der Waals surface area contributed by atoms with Crippen LogP contribution in [0.25, 0.3) is 0 Å². The summed E-state index contributed by atoms with van der Waals surface area (Å²) >= 11 is 13.7. The molecular formula is C21H24Cl2N2O3S. The molecule has 156 valence electrons. The van der Waals surface area contributed by atoms with Crippen molar-refractivity contribution >= 4 is 46.8 Å². The fourth-order valence-corrected chi connectivity index (χ4v) is 4.02. The van der Waals surface area contributed by atoms with Crippen LogP contribution in [-0.2, 0) is 21.9 Å². The lowest BCUT2D eigenvalue weighted by Gasteiger charge is -2.28. The average Bonchev–Trinajstić information content (AvgIpc) is 2.72. The second-order valence-corrected chi connectivity index (χ2v) is 8.22. The minimum absolute atomic E-state index is 0.134. The summed E-state index contributed by atoms with van der Waals surface area (Å²) in [6.45, 7) is 1.93. The van der Waals surface area contributed by atoms with Crippen LogP contribution < -0.4 is 10.1 Å². The number of nitrogens with zero attached hydrogens (tertiary/aromatic N) is 1. The number of halogens is 2. The van der Waals surface area contributed by atoms with E-state index in [9.17, 15) is 9.59 Å². The minimum atomic E-state index is -0.624. The van der Waals surface area contributed by atoms with Gasteiger partial charge in [-0.2, -0.15) is 0 Å². The average molecular weight is 455 g/mol. The Kier molecular flexibility index (Phi) is 9.14. The molecule has 0 saturated carbocycles. The van der Waals surface area contributed by atoms with E-state index in [1.165, 1.54) is 16.7 Å². The quantitative estimate of drug-likeness (QED) is 0.609. The van der Waals surface area contributed by atoms with Gasteiger partial charge in [-0.05, 0) is 42.3 Å². The summed E-state index contributed by atoms with van der Waals surface area (Å²) in [7, 11) is 3.17. The molecule has 8 heteroatoms. The van der Waals surface area contributed by atoms with Crippen molar-refractivity contribution in [3.05, 3.63) is 63.6 Å². The third-order valence-corrected chi connectivity index (χ3v) is 6.00. The van der Waals surface area contributed by atoms with Gasteiger partial charge in [0.05, 0.1) is 12.9 Å². The highest BCUT2D eigenvalue weighted by atomic mass is 35.5. The minimum Gasteiger partial charge on any atom is -0.497 e. The number of nitrogens with one attached hydrogen (secondary N) is 1. The van der Waals surface area contributed by atoms with Gasteiger partial charge in [0, 0.05) is 29.4 Å². The summed E-state index contributed by atoms with van der Waals surface area (Å²) in [6, 6.07) is 12.2. The molecule has 1 atom stereocenters. The number of carbonyl (C=O) groups is 2. The number of carbonyl (C=O) groups excluding carboxylic acids is 2. The number of hydrogen-bond acceptors (Lipinski definition) is 4. The maximum Gasteiger partial charge on any atom is 0.242 e. The molecule has 2 aromatic carbocycles. The molecule has 29 heavy (non-hydrogen) atoms. The highest BCUT2D eigenvalue weighted by Gasteiger charge is 2.26. The third kappa shape index (κ3) is 6.84. The second kappa shape index (κ2) is 11.3. The molecule has 2 amide bonds. The van der Waals surface area contributed by atoms with Gasteiger partial charge < -0.3 is 15.0 Å². The van der Waals surface area contributed by atoms with Crippen molar-refractivity contribution < 1.29 is 14.3 Å². The molecule has 0 fully saturated rings. The monoisotopic (exact) mass is 454 g/mol. The van der Waals surface area contributed by atoms with Crippen LogP contribution in [-0.4, -0.2) is 42.7 Å². The summed E-state index contributed by atoms with van der Waals surface area (Å²) in [4.78, 5) is 26.6. The Morgan fingerprint density at radius 3 is 2.45 bits per heavy atom. The summed E-state index contributed by atoms with van der Waals surface area (Å²) in [5.74, 6) is 1.35. The zero-order valence-electron chi connectivity index (χ0n) is 16.6. The first-order valence-corrected chi connectivity index (χ1v) is 10.9. The van der Waals surface area contributed by atoms with Crippen LogP contribution in [0.5, 0.6) is 5.75 Å². The largest absolute Gasteiger partial charge is 0.497 e. The summed E-state index contributed by atoms with van der Waals surface area (Å²) in [5.41, 5.74) is 1.83. The van der Waals surface area contributed by atoms with E-state index in [0.29, 0.717) is 15.8 Å². The van der Waals surface area contributed by atoms with E-state index in [2.05, 4.69) is 5.32 Å². The standard InChI is InChI=1S/C21H24Cl2N2O3S/c1-14(21(27)24-2)25(11-16-6-7-17(22)10-19(16)23)20(26)13-29-12-15-4-8-18(28-3)9-5-15/h4-10,14H,11-13H2,1-3H3,(H,24,27). The number of hydrogen-bond donors (Lipinski definition) is 1. The van der Waals surface area contributed by atoms with Gasteiger partial charge in [0.15, 0.2) is 0 Å². The van der Waals surface area contributed by atoms with E-state index < -0.39 is 6.04 Å². The molecule has 0 heterocycles. The van der Waals surface area contributed by atoms with Crippen LogP contribution >= 0.6 is 35.0 Å².